The molecule has 1 aromatic carbocycles. The van der Waals surface area contributed by atoms with Crippen molar-refractivity contribution in [3.8, 4) is 0 Å². The van der Waals surface area contributed by atoms with Crippen LogP contribution in [-0.2, 0) is 16.6 Å². The fraction of sp³-hybridized carbons (Fsp3) is 0.593. The number of fused-ring (bicyclic) bond motifs is 1. The molecule has 1 aliphatic rings. The van der Waals surface area contributed by atoms with E-state index in [0.717, 1.165) is 74.8 Å². The van der Waals surface area contributed by atoms with Gasteiger partial charge in [-0.05, 0) is 63.8 Å². The van der Waals surface area contributed by atoms with Crippen molar-refractivity contribution in [1.82, 2.24) is 24.2 Å². The van der Waals surface area contributed by atoms with Crippen LogP contribution in [0, 0.1) is 0 Å². The number of aliphatic hydroxyl groups excluding tert-OH is 1. The SMILES string of the molecule is CCCCCCC(c1ccc(Nc2nc(NC3CCC(O)CC3)nc3c2ncn3CC)cc1)S(=O)(=O)NC. The largest absolute Gasteiger partial charge is 0.393 e. The standard InChI is InChI=1S/C27H41N7O3S/c1-4-6-7-8-9-23(38(36,37)28-3)19-10-12-20(13-11-19)30-25-24-26(34(5-2)18-29-24)33-27(32-25)31-21-14-16-22(35)17-15-21/h10-13,18,21-23,28,35H,4-9,14-17H2,1-3H3,(H2,30,31,32,33). The minimum Gasteiger partial charge on any atom is -0.393 e. The van der Waals surface area contributed by atoms with Gasteiger partial charge in [0.25, 0.3) is 0 Å². The van der Waals surface area contributed by atoms with Crippen LogP contribution in [0.4, 0.5) is 17.5 Å². The van der Waals surface area contributed by atoms with Crippen LogP contribution in [0.5, 0.6) is 0 Å². The number of unbranched alkanes of at least 4 members (excludes halogenated alkanes) is 3. The number of sulfonamides is 1. The number of benzene rings is 1. The zero-order valence-corrected chi connectivity index (χ0v) is 23.5. The van der Waals surface area contributed by atoms with E-state index in [1.807, 2.05) is 35.8 Å². The fourth-order valence-corrected chi connectivity index (χ4v) is 6.32. The summed E-state index contributed by atoms with van der Waals surface area (Å²) in [7, 11) is -1.98. The molecule has 2 aromatic heterocycles. The number of hydrogen-bond acceptors (Lipinski definition) is 8. The molecule has 208 valence electrons. The van der Waals surface area contributed by atoms with E-state index in [1.54, 1.807) is 6.33 Å². The fourth-order valence-electron chi connectivity index (χ4n) is 5.05. The predicted octanol–water partition coefficient (Wildman–Crippen LogP) is 4.87. The van der Waals surface area contributed by atoms with Crippen LogP contribution in [0.3, 0.4) is 0 Å². The van der Waals surface area contributed by atoms with Crippen molar-refractivity contribution in [2.75, 3.05) is 17.7 Å². The molecule has 1 aliphatic carbocycles. The predicted molar refractivity (Wildman–Crippen MR) is 152 cm³/mol. The first-order chi connectivity index (χ1) is 18.3. The van der Waals surface area contributed by atoms with Gasteiger partial charge in [0.1, 0.15) is 5.25 Å². The summed E-state index contributed by atoms with van der Waals surface area (Å²) in [6.07, 6.45) is 9.52. The maximum Gasteiger partial charge on any atom is 0.227 e. The van der Waals surface area contributed by atoms with Gasteiger partial charge in [0.05, 0.1) is 12.4 Å². The van der Waals surface area contributed by atoms with E-state index in [4.69, 9.17) is 9.97 Å². The average Bonchev–Trinajstić information content (AvgIpc) is 3.34. The Kier molecular flexibility index (Phi) is 9.56. The van der Waals surface area contributed by atoms with Crippen LogP contribution < -0.4 is 15.4 Å². The normalized spacial score (nSPS) is 18.9. The number of aliphatic hydroxyl groups is 1. The molecule has 4 N–H and O–H groups in total. The van der Waals surface area contributed by atoms with Crippen molar-refractivity contribution in [2.45, 2.75) is 95.6 Å². The minimum absolute atomic E-state index is 0.212. The van der Waals surface area contributed by atoms with Crippen molar-refractivity contribution in [3.05, 3.63) is 36.2 Å². The van der Waals surface area contributed by atoms with Gasteiger partial charge in [-0.2, -0.15) is 9.97 Å². The molecule has 1 saturated carbocycles. The van der Waals surface area contributed by atoms with Gasteiger partial charge in [0.2, 0.25) is 16.0 Å². The summed E-state index contributed by atoms with van der Waals surface area (Å²) in [5.41, 5.74) is 2.98. The number of rotatable bonds is 13. The Morgan fingerprint density at radius 3 is 2.45 bits per heavy atom. The van der Waals surface area contributed by atoms with Gasteiger partial charge in [-0.15, -0.1) is 0 Å². The van der Waals surface area contributed by atoms with Crippen LogP contribution in [0.1, 0.15) is 82.4 Å². The number of aryl methyl sites for hydroxylation is 1. The molecule has 1 atom stereocenters. The summed E-state index contributed by atoms with van der Waals surface area (Å²) in [5, 5.41) is 16.1. The molecule has 0 saturated heterocycles. The average molecular weight is 544 g/mol. The third kappa shape index (κ3) is 6.81. The number of aromatic nitrogens is 4. The lowest BCUT2D eigenvalue weighted by Crippen LogP contribution is -2.29. The number of anilines is 3. The van der Waals surface area contributed by atoms with E-state index in [1.165, 1.54) is 7.05 Å². The maximum absolute atomic E-state index is 12.8. The summed E-state index contributed by atoms with van der Waals surface area (Å²) in [6.45, 7) is 4.92. The molecule has 0 spiro atoms. The Morgan fingerprint density at radius 1 is 1.05 bits per heavy atom. The Hall–Kier alpha value is -2.76. The van der Waals surface area contributed by atoms with Gasteiger partial charge in [0.15, 0.2) is 17.0 Å². The highest BCUT2D eigenvalue weighted by Crippen LogP contribution is 2.31. The zero-order valence-electron chi connectivity index (χ0n) is 22.7. The first-order valence-corrected chi connectivity index (χ1v) is 15.4. The number of hydrogen-bond donors (Lipinski definition) is 4. The van der Waals surface area contributed by atoms with Crippen molar-refractivity contribution < 1.29 is 13.5 Å². The molecule has 4 rings (SSSR count). The van der Waals surface area contributed by atoms with Gasteiger partial charge in [0, 0.05) is 18.3 Å². The topological polar surface area (TPSA) is 134 Å². The molecule has 1 fully saturated rings. The first-order valence-electron chi connectivity index (χ1n) is 13.8. The minimum atomic E-state index is -3.45. The van der Waals surface area contributed by atoms with E-state index in [2.05, 4.69) is 27.3 Å². The van der Waals surface area contributed by atoms with E-state index in [0.29, 0.717) is 23.7 Å². The monoisotopic (exact) mass is 543 g/mol. The van der Waals surface area contributed by atoms with Gasteiger partial charge in [-0.3, -0.25) is 0 Å². The summed E-state index contributed by atoms with van der Waals surface area (Å²) >= 11 is 0. The molecular weight excluding hydrogens is 502 g/mol. The van der Waals surface area contributed by atoms with Crippen molar-refractivity contribution in [1.29, 1.82) is 0 Å². The highest BCUT2D eigenvalue weighted by molar-refractivity contribution is 7.89. The van der Waals surface area contributed by atoms with Crippen LogP contribution in [0.15, 0.2) is 30.6 Å². The number of nitrogens with zero attached hydrogens (tertiary/aromatic N) is 4. The molecule has 0 aliphatic heterocycles. The van der Waals surface area contributed by atoms with Crippen LogP contribution in [0.25, 0.3) is 11.2 Å². The van der Waals surface area contributed by atoms with Gasteiger partial charge < -0.3 is 20.3 Å². The van der Waals surface area contributed by atoms with Gasteiger partial charge in [-0.25, -0.2) is 18.1 Å². The lowest BCUT2D eigenvalue weighted by Gasteiger charge is -2.26. The maximum atomic E-state index is 12.8. The highest BCUT2D eigenvalue weighted by atomic mass is 32.2. The molecular formula is C27H41N7O3S. The number of imidazole rings is 1. The lowest BCUT2D eigenvalue weighted by molar-refractivity contribution is 0.126. The van der Waals surface area contributed by atoms with Crippen molar-refractivity contribution in [2.24, 2.45) is 0 Å². The van der Waals surface area contributed by atoms with Crippen molar-refractivity contribution in [3.63, 3.8) is 0 Å². The third-order valence-corrected chi connectivity index (χ3v) is 9.18. The second kappa shape index (κ2) is 12.9. The first kappa shape index (κ1) is 28.3. The Labute approximate surface area is 225 Å². The number of nitrogens with one attached hydrogen (secondary N) is 3. The molecule has 3 aromatic rings. The Morgan fingerprint density at radius 2 is 1.79 bits per heavy atom. The quantitative estimate of drug-likeness (QED) is 0.225. The van der Waals surface area contributed by atoms with E-state index in [-0.39, 0.29) is 12.1 Å². The highest BCUT2D eigenvalue weighted by Gasteiger charge is 2.26. The second-order valence-electron chi connectivity index (χ2n) is 10.1. The summed E-state index contributed by atoms with van der Waals surface area (Å²) < 4.78 is 30.0. The molecule has 0 radical (unpaired) electrons. The van der Waals surface area contributed by atoms with Gasteiger partial charge in [-0.1, -0.05) is 44.7 Å². The second-order valence-corrected chi connectivity index (χ2v) is 12.1. The van der Waals surface area contributed by atoms with E-state index < -0.39 is 15.3 Å². The molecule has 0 amide bonds. The lowest BCUT2D eigenvalue weighted by atomic mass is 9.93. The molecule has 11 heteroatoms. The molecule has 10 nitrogen and oxygen atoms in total. The summed E-state index contributed by atoms with van der Waals surface area (Å²) in [5.74, 6) is 1.12. The van der Waals surface area contributed by atoms with E-state index in [9.17, 15) is 13.5 Å². The van der Waals surface area contributed by atoms with Crippen LogP contribution >= 0.6 is 0 Å². The summed E-state index contributed by atoms with van der Waals surface area (Å²) in [4.78, 5) is 14.0. The van der Waals surface area contributed by atoms with Gasteiger partial charge >= 0.3 is 0 Å². The van der Waals surface area contributed by atoms with Crippen LogP contribution in [0.2, 0.25) is 0 Å². The smallest absolute Gasteiger partial charge is 0.227 e. The Bertz CT molecular complexity index is 1290. The van der Waals surface area contributed by atoms with Crippen molar-refractivity contribution >= 4 is 38.6 Å². The third-order valence-electron chi connectivity index (χ3n) is 7.36. The molecule has 38 heavy (non-hydrogen) atoms. The molecule has 2 heterocycles. The Balaban J connectivity index is 1.56. The zero-order chi connectivity index (χ0) is 27.1. The molecule has 1 unspecified atom stereocenters. The van der Waals surface area contributed by atoms with E-state index >= 15 is 0 Å². The van der Waals surface area contributed by atoms with Crippen LogP contribution in [-0.4, -0.2) is 52.2 Å². The summed E-state index contributed by atoms with van der Waals surface area (Å²) in [6, 6.07) is 7.73. The molecule has 0 bridgehead atoms.